The summed E-state index contributed by atoms with van der Waals surface area (Å²) in [7, 11) is 0. The van der Waals surface area contributed by atoms with Crippen molar-refractivity contribution in [3.8, 4) is 0 Å². The Hall–Kier alpha value is -0.990. The molecule has 0 radical (unpaired) electrons. The first-order chi connectivity index (χ1) is 8.97. The van der Waals surface area contributed by atoms with Crippen LogP contribution in [0.4, 0.5) is 5.69 Å². The summed E-state index contributed by atoms with van der Waals surface area (Å²) in [5.74, 6) is 0. The fraction of sp³-hybridized carbons (Fsp3) is 0.250. The average molecular weight is 339 g/mol. The molecule has 0 saturated carbocycles. The molecule has 0 atom stereocenters. The van der Waals surface area contributed by atoms with Crippen LogP contribution in [0.25, 0.3) is 0 Å². The van der Waals surface area contributed by atoms with Gasteiger partial charge in [-0.3, -0.25) is 0 Å². The summed E-state index contributed by atoms with van der Waals surface area (Å²) in [6.07, 6.45) is 0. The van der Waals surface area contributed by atoms with Crippen LogP contribution in [-0.2, 0) is 6.54 Å². The lowest BCUT2D eigenvalue weighted by Gasteiger charge is -2.12. The second-order valence-electron chi connectivity index (χ2n) is 4.86. The minimum absolute atomic E-state index is 0.784. The van der Waals surface area contributed by atoms with Gasteiger partial charge in [-0.2, -0.15) is 0 Å². The van der Waals surface area contributed by atoms with Crippen molar-refractivity contribution < 1.29 is 0 Å². The van der Waals surface area contributed by atoms with E-state index in [1.807, 2.05) is 19.1 Å². The molecule has 0 aliphatic heterocycles. The molecule has 0 unspecified atom stereocenters. The van der Waals surface area contributed by atoms with E-state index >= 15 is 0 Å². The highest BCUT2D eigenvalue weighted by Crippen LogP contribution is 2.29. The maximum absolute atomic E-state index is 6.16. The minimum Gasteiger partial charge on any atom is -0.380 e. The summed E-state index contributed by atoms with van der Waals surface area (Å²) in [5, 5.41) is 4.21. The van der Waals surface area contributed by atoms with E-state index in [1.54, 1.807) is 0 Å². The molecular formula is C16H17BrClN. The number of halogens is 2. The quantitative estimate of drug-likeness (QED) is 0.763. The van der Waals surface area contributed by atoms with Crippen molar-refractivity contribution in [1.82, 2.24) is 0 Å². The van der Waals surface area contributed by atoms with Gasteiger partial charge in [-0.1, -0.05) is 35.4 Å². The number of nitrogens with one attached hydrogen (secondary N) is 1. The molecule has 100 valence electrons. The van der Waals surface area contributed by atoms with Crippen LogP contribution in [0, 0.1) is 20.8 Å². The van der Waals surface area contributed by atoms with Crippen LogP contribution in [0.5, 0.6) is 0 Å². The lowest BCUT2D eigenvalue weighted by atomic mass is 10.1. The van der Waals surface area contributed by atoms with E-state index in [4.69, 9.17) is 11.6 Å². The molecule has 2 aromatic carbocycles. The summed E-state index contributed by atoms with van der Waals surface area (Å²) in [6.45, 7) is 7.05. The van der Waals surface area contributed by atoms with E-state index in [0.717, 1.165) is 27.3 Å². The molecular weight excluding hydrogens is 322 g/mol. The minimum atomic E-state index is 0.784. The van der Waals surface area contributed by atoms with Gasteiger partial charge >= 0.3 is 0 Å². The number of benzene rings is 2. The van der Waals surface area contributed by atoms with Gasteiger partial charge in [0.25, 0.3) is 0 Å². The molecule has 2 aromatic rings. The third-order valence-corrected chi connectivity index (χ3v) is 4.28. The maximum Gasteiger partial charge on any atom is 0.0502 e. The van der Waals surface area contributed by atoms with Crippen LogP contribution in [0.3, 0.4) is 0 Å². The zero-order valence-electron chi connectivity index (χ0n) is 11.3. The van der Waals surface area contributed by atoms with Crippen molar-refractivity contribution in [3.63, 3.8) is 0 Å². The molecule has 0 fully saturated rings. The lowest BCUT2D eigenvalue weighted by molar-refractivity contribution is 1.11. The first-order valence-corrected chi connectivity index (χ1v) is 7.40. The van der Waals surface area contributed by atoms with Crippen molar-refractivity contribution in [2.24, 2.45) is 0 Å². The molecule has 0 bridgehead atoms. The first kappa shape index (κ1) is 14.4. The Morgan fingerprint density at radius 3 is 2.47 bits per heavy atom. The Kier molecular flexibility index (Phi) is 4.54. The Morgan fingerprint density at radius 1 is 1.05 bits per heavy atom. The number of hydrogen-bond acceptors (Lipinski definition) is 1. The second kappa shape index (κ2) is 5.98. The summed E-state index contributed by atoms with van der Waals surface area (Å²) in [5.41, 5.74) is 6.00. The summed E-state index contributed by atoms with van der Waals surface area (Å²) in [4.78, 5) is 0. The highest BCUT2D eigenvalue weighted by Gasteiger charge is 2.05. The van der Waals surface area contributed by atoms with Crippen molar-refractivity contribution in [2.75, 3.05) is 5.32 Å². The molecule has 2 rings (SSSR count). The maximum atomic E-state index is 6.16. The van der Waals surface area contributed by atoms with Gasteiger partial charge in [0.2, 0.25) is 0 Å². The number of aryl methyl sites for hydroxylation is 3. The van der Waals surface area contributed by atoms with Crippen molar-refractivity contribution in [2.45, 2.75) is 27.3 Å². The van der Waals surface area contributed by atoms with E-state index in [9.17, 15) is 0 Å². The Labute approximate surface area is 128 Å². The first-order valence-electron chi connectivity index (χ1n) is 6.23. The standard InChI is InChI=1S/C16H17BrClN/c1-10-4-5-13(11(2)6-10)9-19-16-8-15(18)12(3)7-14(16)17/h4-8,19H,9H2,1-3H3. The van der Waals surface area contributed by atoms with Crippen LogP contribution in [0.1, 0.15) is 22.3 Å². The fourth-order valence-corrected chi connectivity index (χ4v) is 2.78. The van der Waals surface area contributed by atoms with Crippen molar-refractivity contribution >= 4 is 33.2 Å². The second-order valence-corrected chi connectivity index (χ2v) is 6.13. The zero-order chi connectivity index (χ0) is 14.0. The number of anilines is 1. The molecule has 3 heteroatoms. The molecule has 0 aliphatic rings. The van der Waals surface area contributed by atoms with E-state index in [0.29, 0.717) is 0 Å². The average Bonchev–Trinajstić information content (AvgIpc) is 2.34. The van der Waals surface area contributed by atoms with Crippen LogP contribution in [0.15, 0.2) is 34.8 Å². The van der Waals surface area contributed by atoms with Crippen molar-refractivity contribution in [3.05, 3.63) is 62.1 Å². The monoisotopic (exact) mass is 337 g/mol. The summed E-state index contributed by atoms with van der Waals surface area (Å²) < 4.78 is 1.04. The molecule has 1 N–H and O–H groups in total. The van der Waals surface area contributed by atoms with Crippen LogP contribution in [-0.4, -0.2) is 0 Å². The Balaban J connectivity index is 2.16. The van der Waals surface area contributed by atoms with Gasteiger partial charge in [0.05, 0.1) is 5.69 Å². The van der Waals surface area contributed by atoms with Gasteiger partial charge in [0, 0.05) is 16.0 Å². The van der Waals surface area contributed by atoms with E-state index in [2.05, 4.69) is 53.3 Å². The van der Waals surface area contributed by atoms with Gasteiger partial charge in [-0.05, 0) is 65.5 Å². The predicted molar refractivity (Wildman–Crippen MR) is 87.1 cm³/mol. The summed E-state index contributed by atoms with van der Waals surface area (Å²) >= 11 is 9.72. The smallest absolute Gasteiger partial charge is 0.0502 e. The Morgan fingerprint density at radius 2 is 1.79 bits per heavy atom. The molecule has 1 nitrogen and oxygen atoms in total. The fourth-order valence-electron chi connectivity index (χ4n) is 2.02. The molecule has 0 amide bonds. The SMILES string of the molecule is Cc1ccc(CNc2cc(Cl)c(C)cc2Br)c(C)c1. The lowest BCUT2D eigenvalue weighted by Crippen LogP contribution is -2.02. The van der Waals surface area contributed by atoms with Gasteiger partial charge in [-0.15, -0.1) is 0 Å². The van der Waals surface area contributed by atoms with Crippen LogP contribution < -0.4 is 5.32 Å². The normalized spacial score (nSPS) is 10.6. The Bertz CT molecular complexity index is 608. The van der Waals surface area contributed by atoms with Gasteiger partial charge < -0.3 is 5.32 Å². The molecule has 0 spiro atoms. The highest BCUT2D eigenvalue weighted by atomic mass is 79.9. The van der Waals surface area contributed by atoms with Gasteiger partial charge in [0.1, 0.15) is 0 Å². The third-order valence-electron chi connectivity index (χ3n) is 3.22. The van der Waals surface area contributed by atoms with Crippen LogP contribution in [0.2, 0.25) is 5.02 Å². The largest absolute Gasteiger partial charge is 0.380 e. The van der Waals surface area contributed by atoms with E-state index < -0.39 is 0 Å². The predicted octanol–water partition coefficient (Wildman–Crippen LogP) is 5.64. The third kappa shape index (κ3) is 3.52. The van der Waals surface area contributed by atoms with Crippen molar-refractivity contribution in [1.29, 1.82) is 0 Å². The van der Waals surface area contributed by atoms with E-state index in [-0.39, 0.29) is 0 Å². The molecule has 0 saturated heterocycles. The molecule has 0 heterocycles. The van der Waals surface area contributed by atoms with Gasteiger partial charge in [0.15, 0.2) is 0 Å². The molecule has 0 aliphatic carbocycles. The number of hydrogen-bond donors (Lipinski definition) is 1. The summed E-state index contributed by atoms with van der Waals surface area (Å²) in [6, 6.07) is 10.5. The molecule has 19 heavy (non-hydrogen) atoms. The highest BCUT2D eigenvalue weighted by molar-refractivity contribution is 9.10. The van der Waals surface area contributed by atoms with E-state index in [1.165, 1.54) is 16.7 Å². The topological polar surface area (TPSA) is 12.0 Å². The van der Waals surface area contributed by atoms with Crippen LogP contribution >= 0.6 is 27.5 Å². The van der Waals surface area contributed by atoms with Gasteiger partial charge in [-0.25, -0.2) is 0 Å². The molecule has 0 aromatic heterocycles. The number of rotatable bonds is 3. The zero-order valence-corrected chi connectivity index (χ0v) is 13.7.